The van der Waals surface area contributed by atoms with E-state index < -0.39 is 53.8 Å². The first-order valence-electron chi connectivity index (χ1n) is 16.0. The Labute approximate surface area is 286 Å². The molecule has 4 unspecified atom stereocenters. The quantitative estimate of drug-likeness (QED) is 0.0737. The van der Waals surface area contributed by atoms with E-state index in [0.717, 1.165) is 21.8 Å². The van der Waals surface area contributed by atoms with Crippen molar-refractivity contribution in [1.82, 2.24) is 25.9 Å². The maximum absolute atomic E-state index is 14.0. The zero-order chi connectivity index (χ0) is 35.8. The molecule has 0 radical (unpaired) electrons. The normalized spacial score (nSPS) is 13.6. The zero-order valence-corrected chi connectivity index (χ0v) is 27.0. The summed E-state index contributed by atoms with van der Waals surface area (Å²) < 4.78 is 0. The minimum Gasteiger partial charge on any atom is -0.508 e. The zero-order valence-electron chi connectivity index (χ0n) is 27.0. The first-order valence-corrected chi connectivity index (χ1v) is 16.0. The highest BCUT2D eigenvalue weighted by atomic mass is 16.4. The number of aromatic nitrogens is 2. The standard InChI is InChI=1S/C36H39N7O7/c37-26(13-14-32(38)45)33(46)41-30(16-21-18-39-27-7-3-1-5-24(21)27)35(48)42-29(15-20-9-11-23(44)12-10-20)34(47)43-31(36(49)50)17-22-19-40-28-8-4-2-6-25(22)28/h1-12,18-19,26,29-31,39-40,44H,13-17,37H2,(H2,38,45)(H,41,46)(H,42,48)(H,43,47)(H,49,50). The third-order valence-electron chi connectivity index (χ3n) is 8.49. The van der Waals surface area contributed by atoms with Crippen molar-refractivity contribution in [3.63, 3.8) is 0 Å². The molecule has 2 heterocycles. The maximum atomic E-state index is 14.0. The number of carboxylic acids is 1. The number of fused-ring (bicyclic) bond motifs is 2. The number of aliphatic carboxylic acids is 1. The van der Waals surface area contributed by atoms with E-state index in [2.05, 4.69) is 25.9 Å². The van der Waals surface area contributed by atoms with Crippen LogP contribution in [-0.4, -0.2) is 73.9 Å². The summed E-state index contributed by atoms with van der Waals surface area (Å²) in [5, 5.41) is 29.5. The van der Waals surface area contributed by atoms with Gasteiger partial charge in [-0.1, -0.05) is 48.5 Å². The van der Waals surface area contributed by atoms with Gasteiger partial charge in [0.1, 0.15) is 23.9 Å². The number of H-pyrrole nitrogens is 2. The van der Waals surface area contributed by atoms with E-state index in [0.29, 0.717) is 16.7 Å². The number of para-hydroxylation sites is 2. The van der Waals surface area contributed by atoms with Crippen LogP contribution in [0.5, 0.6) is 5.75 Å². The van der Waals surface area contributed by atoms with Gasteiger partial charge in [-0.25, -0.2) is 4.79 Å². The van der Waals surface area contributed by atoms with Crippen LogP contribution < -0.4 is 27.4 Å². The average Bonchev–Trinajstić information content (AvgIpc) is 3.70. The lowest BCUT2D eigenvalue weighted by atomic mass is 10.0. The van der Waals surface area contributed by atoms with Crippen LogP contribution in [0.2, 0.25) is 0 Å². The van der Waals surface area contributed by atoms with Crippen molar-refractivity contribution < 1.29 is 34.2 Å². The summed E-state index contributed by atoms with van der Waals surface area (Å²) in [6, 6.07) is 15.8. The number of primary amides is 1. The van der Waals surface area contributed by atoms with E-state index >= 15 is 0 Å². The van der Waals surface area contributed by atoms with Gasteiger partial charge in [-0.2, -0.15) is 0 Å². The Kier molecular flexibility index (Phi) is 11.1. The molecule has 5 aromatic rings. The number of nitrogens with two attached hydrogens (primary N) is 2. The van der Waals surface area contributed by atoms with Gasteiger partial charge < -0.3 is 47.6 Å². The van der Waals surface area contributed by atoms with Crippen LogP contribution in [0.1, 0.15) is 29.5 Å². The second-order valence-electron chi connectivity index (χ2n) is 12.1. The first kappa shape index (κ1) is 35.2. The maximum Gasteiger partial charge on any atom is 0.326 e. The van der Waals surface area contributed by atoms with Crippen LogP contribution in [0.15, 0.2) is 85.2 Å². The fourth-order valence-electron chi connectivity index (χ4n) is 5.78. The Morgan fingerprint density at radius 2 is 1.14 bits per heavy atom. The molecular formula is C36H39N7O7. The van der Waals surface area contributed by atoms with E-state index in [4.69, 9.17) is 11.5 Å². The van der Waals surface area contributed by atoms with Crippen molar-refractivity contribution in [2.24, 2.45) is 11.5 Å². The Bertz CT molecular complexity index is 2000. The van der Waals surface area contributed by atoms with Crippen LogP contribution >= 0.6 is 0 Å². The first-order chi connectivity index (χ1) is 24.0. The molecule has 0 bridgehead atoms. The number of phenols is 1. The molecule has 50 heavy (non-hydrogen) atoms. The van der Waals surface area contributed by atoms with Crippen LogP contribution in [0.25, 0.3) is 21.8 Å². The summed E-state index contributed by atoms with van der Waals surface area (Å²) in [6.45, 7) is 0. The molecule has 0 spiro atoms. The number of rotatable bonds is 16. The molecule has 2 aromatic heterocycles. The van der Waals surface area contributed by atoms with Gasteiger partial charge in [0.05, 0.1) is 6.04 Å². The lowest BCUT2D eigenvalue weighted by Crippen LogP contribution is -2.58. The monoisotopic (exact) mass is 681 g/mol. The predicted octanol–water partition coefficient (Wildman–Crippen LogP) is 1.51. The van der Waals surface area contributed by atoms with E-state index in [-0.39, 0.29) is 37.9 Å². The molecule has 0 saturated carbocycles. The van der Waals surface area contributed by atoms with Crippen molar-refractivity contribution in [1.29, 1.82) is 0 Å². The van der Waals surface area contributed by atoms with Crippen molar-refractivity contribution in [2.45, 2.75) is 56.3 Å². The summed E-state index contributed by atoms with van der Waals surface area (Å²) in [5.74, 6) is -4.10. The molecule has 0 saturated heterocycles. The molecular weight excluding hydrogens is 642 g/mol. The van der Waals surface area contributed by atoms with Crippen LogP contribution in [0.3, 0.4) is 0 Å². The number of hydrogen-bond donors (Lipinski definition) is 9. The largest absolute Gasteiger partial charge is 0.508 e. The van der Waals surface area contributed by atoms with Crippen LogP contribution in [-0.2, 0) is 43.2 Å². The van der Waals surface area contributed by atoms with Crippen molar-refractivity contribution in [3.8, 4) is 5.75 Å². The molecule has 11 N–H and O–H groups in total. The average molecular weight is 682 g/mol. The van der Waals surface area contributed by atoms with Crippen LogP contribution in [0, 0.1) is 0 Å². The topological polar surface area (TPSA) is 246 Å². The lowest BCUT2D eigenvalue weighted by Gasteiger charge is -2.25. The number of amides is 4. The molecule has 0 aliphatic heterocycles. The minimum absolute atomic E-state index is 0.00219. The van der Waals surface area contributed by atoms with Crippen LogP contribution in [0.4, 0.5) is 0 Å². The molecule has 0 aliphatic carbocycles. The number of carbonyl (C=O) groups excluding carboxylic acids is 4. The molecule has 0 fully saturated rings. The summed E-state index contributed by atoms with van der Waals surface area (Å²) in [7, 11) is 0. The van der Waals surface area contributed by atoms with Gasteiger partial charge >= 0.3 is 5.97 Å². The van der Waals surface area contributed by atoms with Gasteiger partial charge in [0, 0.05) is 59.9 Å². The van der Waals surface area contributed by atoms with E-state index in [1.165, 1.54) is 12.1 Å². The fourth-order valence-corrected chi connectivity index (χ4v) is 5.78. The number of phenolic OH excluding ortho intramolecular Hbond substituents is 1. The fraction of sp³-hybridized carbons (Fsp3) is 0.250. The highest BCUT2D eigenvalue weighted by Crippen LogP contribution is 2.21. The van der Waals surface area contributed by atoms with Gasteiger partial charge in [-0.05, 0) is 47.4 Å². The highest BCUT2D eigenvalue weighted by molar-refractivity contribution is 5.95. The van der Waals surface area contributed by atoms with Gasteiger partial charge in [0.25, 0.3) is 0 Å². The molecule has 14 heteroatoms. The molecule has 14 nitrogen and oxygen atoms in total. The van der Waals surface area contributed by atoms with E-state index in [1.807, 2.05) is 48.5 Å². The predicted molar refractivity (Wildman–Crippen MR) is 186 cm³/mol. The molecule has 0 aliphatic rings. The number of aromatic amines is 2. The van der Waals surface area contributed by atoms with Gasteiger partial charge in [0.2, 0.25) is 23.6 Å². The molecule has 4 atom stereocenters. The summed E-state index contributed by atoms with van der Waals surface area (Å²) in [5.41, 5.74) is 14.8. The molecule has 4 amide bonds. The van der Waals surface area contributed by atoms with E-state index in [9.17, 15) is 34.2 Å². The SMILES string of the molecule is NC(=O)CCC(N)C(=O)NC(Cc1c[nH]c2ccccc12)C(=O)NC(Cc1ccc(O)cc1)C(=O)NC(Cc1c[nH]c2ccccc12)C(=O)O. The number of hydrogen-bond acceptors (Lipinski definition) is 7. The Morgan fingerprint density at radius 1 is 0.660 bits per heavy atom. The third kappa shape index (κ3) is 8.85. The second-order valence-corrected chi connectivity index (χ2v) is 12.1. The summed E-state index contributed by atoms with van der Waals surface area (Å²) >= 11 is 0. The third-order valence-corrected chi connectivity index (χ3v) is 8.49. The molecule has 3 aromatic carbocycles. The second kappa shape index (κ2) is 15.8. The molecule has 260 valence electrons. The minimum atomic E-state index is -1.34. The number of carboxylic acid groups (broad SMARTS) is 1. The number of carbonyl (C=O) groups is 5. The molecule has 5 rings (SSSR count). The van der Waals surface area contributed by atoms with Crippen molar-refractivity contribution in [3.05, 3.63) is 102 Å². The Hall–Kier alpha value is -6.15. The number of benzene rings is 3. The van der Waals surface area contributed by atoms with Gasteiger partial charge in [-0.15, -0.1) is 0 Å². The Balaban J connectivity index is 1.40. The Morgan fingerprint density at radius 3 is 1.68 bits per heavy atom. The number of nitrogens with one attached hydrogen (secondary N) is 5. The van der Waals surface area contributed by atoms with Crippen molar-refractivity contribution in [2.75, 3.05) is 0 Å². The van der Waals surface area contributed by atoms with E-state index in [1.54, 1.807) is 24.5 Å². The highest BCUT2D eigenvalue weighted by Gasteiger charge is 2.31. The smallest absolute Gasteiger partial charge is 0.326 e. The van der Waals surface area contributed by atoms with Gasteiger partial charge in [-0.3, -0.25) is 19.2 Å². The van der Waals surface area contributed by atoms with Gasteiger partial charge in [0.15, 0.2) is 0 Å². The lowest BCUT2D eigenvalue weighted by molar-refractivity contribution is -0.142. The van der Waals surface area contributed by atoms with Crippen molar-refractivity contribution >= 4 is 51.4 Å². The number of aromatic hydroxyl groups is 1. The summed E-state index contributed by atoms with van der Waals surface area (Å²) in [4.78, 5) is 70.9. The summed E-state index contributed by atoms with van der Waals surface area (Å²) in [6.07, 6.45) is 3.14.